The van der Waals surface area contributed by atoms with E-state index in [4.69, 9.17) is 9.97 Å². The first-order valence-electron chi connectivity index (χ1n) is 11.9. The maximum absolute atomic E-state index is 10.5. The fourth-order valence-corrected chi connectivity index (χ4v) is 4.79. The summed E-state index contributed by atoms with van der Waals surface area (Å²) in [6.07, 6.45) is 13.1. The smallest absolute Gasteiger partial charge is 0.163 e. The first kappa shape index (κ1) is 23.6. The average Bonchev–Trinajstić information content (AvgIpc) is 2.77. The van der Waals surface area contributed by atoms with Gasteiger partial charge in [-0.3, -0.25) is 0 Å². The lowest BCUT2D eigenvalue weighted by atomic mass is 10.0. The number of aryl methyl sites for hydroxylation is 1. The van der Waals surface area contributed by atoms with Crippen LogP contribution in [0.25, 0.3) is 22.1 Å². The second-order valence-corrected chi connectivity index (χ2v) is 9.56. The molecule has 0 bridgehead atoms. The van der Waals surface area contributed by atoms with Crippen molar-refractivity contribution >= 4 is 33.8 Å². The number of aromatic nitrogens is 2. The van der Waals surface area contributed by atoms with Gasteiger partial charge in [-0.15, -0.1) is 11.8 Å². The van der Waals surface area contributed by atoms with Crippen LogP contribution in [-0.4, -0.2) is 25.9 Å². The minimum Gasteiger partial charge on any atom is -0.504 e. The van der Waals surface area contributed by atoms with E-state index in [0.717, 1.165) is 41.6 Å². The zero-order chi connectivity index (χ0) is 22.1. The molecule has 0 aliphatic carbocycles. The van der Waals surface area contributed by atoms with Crippen molar-refractivity contribution in [1.82, 2.24) is 9.97 Å². The maximum atomic E-state index is 10.5. The maximum Gasteiger partial charge on any atom is 0.163 e. The van der Waals surface area contributed by atoms with E-state index < -0.39 is 0 Å². The predicted octanol–water partition coefficient (Wildman–Crippen LogP) is 7.77. The van der Waals surface area contributed by atoms with Crippen LogP contribution in [-0.2, 0) is 6.42 Å². The van der Waals surface area contributed by atoms with Gasteiger partial charge in [-0.1, -0.05) is 65.2 Å². The highest BCUT2D eigenvalue weighted by atomic mass is 32.2. The topological polar surface area (TPSA) is 66.2 Å². The summed E-state index contributed by atoms with van der Waals surface area (Å²) in [7, 11) is 0. The number of hydrogen-bond acceptors (Lipinski definition) is 5. The lowest BCUT2D eigenvalue weighted by Crippen LogP contribution is -1.96. The SMILES string of the molecule is CCCCCCCCCCCc1c(O)c(O)cc2nc3ccc(SCCC)cc3nc12. The molecule has 3 rings (SSSR count). The van der Waals surface area contributed by atoms with E-state index in [2.05, 4.69) is 26.0 Å². The molecular formula is C26H36N2O2S. The van der Waals surface area contributed by atoms with E-state index in [1.807, 2.05) is 17.8 Å². The molecule has 0 aliphatic rings. The molecule has 0 unspecified atom stereocenters. The van der Waals surface area contributed by atoms with Gasteiger partial charge in [0.05, 0.1) is 22.1 Å². The molecule has 0 radical (unpaired) electrons. The minimum absolute atomic E-state index is 0.0442. The summed E-state index contributed by atoms with van der Waals surface area (Å²) in [6.45, 7) is 4.42. The van der Waals surface area contributed by atoms with Crippen molar-refractivity contribution in [2.75, 3.05) is 5.75 Å². The first-order valence-corrected chi connectivity index (χ1v) is 12.9. The van der Waals surface area contributed by atoms with Crippen molar-refractivity contribution in [3.05, 3.63) is 29.8 Å². The zero-order valence-corrected chi connectivity index (χ0v) is 19.8. The Hall–Kier alpha value is -2.01. The van der Waals surface area contributed by atoms with Crippen LogP contribution in [0.1, 0.15) is 83.6 Å². The van der Waals surface area contributed by atoms with Crippen LogP contribution < -0.4 is 0 Å². The number of nitrogens with zero attached hydrogens (tertiary/aromatic N) is 2. The standard InChI is InChI=1S/C26H36N2O2S/c1-3-5-6-7-8-9-10-11-12-13-20-25-23(18-24(29)26(20)30)27-21-15-14-19(31-16-4-2)17-22(21)28-25/h14-15,17-18,29-30H,3-13,16H2,1-2H3. The van der Waals surface area contributed by atoms with Gasteiger partial charge in [-0.05, 0) is 43.2 Å². The van der Waals surface area contributed by atoms with E-state index in [-0.39, 0.29) is 11.5 Å². The van der Waals surface area contributed by atoms with Gasteiger partial charge in [0.1, 0.15) is 0 Å². The molecule has 1 heterocycles. The number of rotatable bonds is 13. The monoisotopic (exact) mass is 440 g/mol. The highest BCUT2D eigenvalue weighted by Gasteiger charge is 2.15. The lowest BCUT2D eigenvalue weighted by molar-refractivity contribution is 0.399. The summed E-state index contributed by atoms with van der Waals surface area (Å²) < 4.78 is 0. The third kappa shape index (κ3) is 6.49. The Morgan fingerprint density at radius 1 is 0.742 bits per heavy atom. The van der Waals surface area contributed by atoms with Crippen LogP contribution in [0.15, 0.2) is 29.2 Å². The Labute approximate surface area is 190 Å². The summed E-state index contributed by atoms with van der Waals surface area (Å²) in [5.74, 6) is 0.921. The normalized spacial score (nSPS) is 11.5. The van der Waals surface area contributed by atoms with Gasteiger partial charge in [0.25, 0.3) is 0 Å². The van der Waals surface area contributed by atoms with Crippen LogP contribution in [0.2, 0.25) is 0 Å². The Bertz CT molecular complexity index is 990. The summed E-state index contributed by atoms with van der Waals surface area (Å²) in [5, 5.41) is 20.8. The van der Waals surface area contributed by atoms with Gasteiger partial charge in [-0.25, -0.2) is 9.97 Å². The van der Waals surface area contributed by atoms with Crippen molar-refractivity contribution in [3.63, 3.8) is 0 Å². The molecule has 0 amide bonds. The quantitative estimate of drug-likeness (QED) is 0.123. The molecule has 2 N–H and O–H groups in total. The van der Waals surface area contributed by atoms with Gasteiger partial charge >= 0.3 is 0 Å². The molecule has 0 spiro atoms. The van der Waals surface area contributed by atoms with E-state index in [1.54, 1.807) is 0 Å². The van der Waals surface area contributed by atoms with Gasteiger partial charge in [0.2, 0.25) is 0 Å². The Morgan fingerprint density at radius 2 is 1.45 bits per heavy atom. The second-order valence-electron chi connectivity index (χ2n) is 8.39. The Kier molecular flexibility index (Phi) is 9.26. The highest BCUT2D eigenvalue weighted by molar-refractivity contribution is 7.99. The third-order valence-electron chi connectivity index (χ3n) is 5.75. The van der Waals surface area contributed by atoms with Crippen LogP contribution in [0.5, 0.6) is 11.5 Å². The number of aromatic hydroxyl groups is 2. The minimum atomic E-state index is -0.109. The summed E-state index contributed by atoms with van der Waals surface area (Å²) in [6, 6.07) is 7.67. The van der Waals surface area contributed by atoms with E-state index in [0.29, 0.717) is 17.5 Å². The number of thioether (sulfide) groups is 1. The summed E-state index contributed by atoms with van der Waals surface area (Å²) in [5.41, 5.74) is 3.72. The van der Waals surface area contributed by atoms with E-state index in [9.17, 15) is 10.2 Å². The van der Waals surface area contributed by atoms with Crippen molar-refractivity contribution in [3.8, 4) is 11.5 Å². The van der Waals surface area contributed by atoms with Crippen molar-refractivity contribution < 1.29 is 10.2 Å². The molecule has 4 nitrogen and oxygen atoms in total. The molecule has 0 atom stereocenters. The molecule has 1 aromatic heterocycles. The number of unbranched alkanes of at least 4 members (excludes halogenated alkanes) is 8. The van der Waals surface area contributed by atoms with E-state index in [1.165, 1.54) is 55.9 Å². The van der Waals surface area contributed by atoms with Crippen LogP contribution in [0.3, 0.4) is 0 Å². The Morgan fingerprint density at radius 3 is 2.16 bits per heavy atom. The van der Waals surface area contributed by atoms with Crippen molar-refractivity contribution in [1.29, 1.82) is 0 Å². The molecule has 2 aromatic carbocycles. The molecule has 0 saturated heterocycles. The van der Waals surface area contributed by atoms with Crippen LogP contribution in [0, 0.1) is 0 Å². The van der Waals surface area contributed by atoms with Gasteiger partial charge < -0.3 is 10.2 Å². The number of phenolic OH excluding ortho intramolecular Hbond substituents is 2. The van der Waals surface area contributed by atoms with Crippen molar-refractivity contribution in [2.24, 2.45) is 0 Å². The zero-order valence-electron chi connectivity index (χ0n) is 19.0. The lowest BCUT2D eigenvalue weighted by Gasteiger charge is -2.11. The number of fused-ring (bicyclic) bond motifs is 2. The fraction of sp³-hybridized carbons (Fsp3) is 0.538. The molecule has 168 valence electrons. The molecule has 31 heavy (non-hydrogen) atoms. The molecule has 5 heteroatoms. The predicted molar refractivity (Wildman–Crippen MR) is 132 cm³/mol. The van der Waals surface area contributed by atoms with Crippen molar-refractivity contribution in [2.45, 2.75) is 89.4 Å². The molecule has 0 fully saturated rings. The van der Waals surface area contributed by atoms with E-state index >= 15 is 0 Å². The third-order valence-corrected chi connectivity index (χ3v) is 6.95. The average molecular weight is 441 g/mol. The largest absolute Gasteiger partial charge is 0.504 e. The van der Waals surface area contributed by atoms with Gasteiger partial charge in [0.15, 0.2) is 11.5 Å². The molecule has 3 aromatic rings. The summed E-state index contributed by atoms with van der Waals surface area (Å²) in [4.78, 5) is 10.8. The Balaban J connectivity index is 1.71. The van der Waals surface area contributed by atoms with Crippen LogP contribution >= 0.6 is 11.8 Å². The molecule has 0 aliphatic heterocycles. The highest BCUT2D eigenvalue weighted by Crippen LogP contribution is 2.36. The number of hydrogen-bond donors (Lipinski definition) is 2. The number of benzene rings is 2. The van der Waals surface area contributed by atoms with Crippen LogP contribution in [0.4, 0.5) is 0 Å². The number of phenols is 2. The summed E-state index contributed by atoms with van der Waals surface area (Å²) >= 11 is 1.82. The molecule has 0 saturated carbocycles. The second kappa shape index (κ2) is 12.1. The fourth-order valence-electron chi connectivity index (χ4n) is 3.99. The van der Waals surface area contributed by atoms with Gasteiger partial charge in [0, 0.05) is 16.5 Å². The first-order chi connectivity index (χ1) is 15.1. The van der Waals surface area contributed by atoms with Gasteiger partial charge in [-0.2, -0.15) is 0 Å². The molecular weight excluding hydrogens is 404 g/mol.